The molecule has 0 unspecified atom stereocenters. The summed E-state index contributed by atoms with van der Waals surface area (Å²) in [6, 6.07) is 5.91. The Morgan fingerprint density at radius 1 is 1.38 bits per heavy atom. The lowest BCUT2D eigenvalue weighted by Crippen LogP contribution is -2.02. The molecule has 0 atom stereocenters. The highest BCUT2D eigenvalue weighted by molar-refractivity contribution is 7.99. The molecule has 0 aliphatic heterocycles. The van der Waals surface area contributed by atoms with E-state index in [1.165, 1.54) is 23.9 Å². The summed E-state index contributed by atoms with van der Waals surface area (Å²) in [6.07, 6.45) is 0. The summed E-state index contributed by atoms with van der Waals surface area (Å²) in [5.41, 5.74) is 0. The van der Waals surface area contributed by atoms with Crippen LogP contribution in [-0.4, -0.2) is 17.2 Å². The van der Waals surface area contributed by atoms with Crippen molar-refractivity contribution in [3.63, 3.8) is 0 Å². The third kappa shape index (κ3) is 3.89. The van der Waals surface area contributed by atoms with Crippen LogP contribution in [0.4, 0.5) is 4.39 Å². The molecule has 0 heterocycles. The van der Waals surface area contributed by atoms with E-state index in [0.717, 1.165) is 4.90 Å². The average Bonchev–Trinajstić information content (AvgIpc) is 2.08. The number of rotatable bonds is 4. The van der Waals surface area contributed by atoms with Crippen LogP contribution in [0.15, 0.2) is 29.2 Å². The van der Waals surface area contributed by atoms with Gasteiger partial charge in [0.05, 0.1) is 5.75 Å². The zero-order valence-corrected chi connectivity index (χ0v) is 7.59. The molecule has 1 rings (SSSR count). The lowest BCUT2D eigenvalue weighted by molar-refractivity contribution is -0.474. The first-order valence-corrected chi connectivity index (χ1v) is 4.67. The van der Waals surface area contributed by atoms with Crippen molar-refractivity contribution < 1.29 is 9.31 Å². The lowest BCUT2D eigenvalue weighted by atomic mass is 10.4. The molecule has 5 heteroatoms. The molecule has 0 saturated carbocycles. The van der Waals surface area contributed by atoms with E-state index in [2.05, 4.69) is 0 Å². The SMILES string of the molecule is O=[N+]([O-])CCSc1ccc(F)cc1. The van der Waals surface area contributed by atoms with Crippen molar-refractivity contribution in [3.05, 3.63) is 40.2 Å². The number of halogens is 1. The van der Waals surface area contributed by atoms with Crippen molar-refractivity contribution in [1.29, 1.82) is 0 Å². The molecule has 0 fully saturated rings. The van der Waals surface area contributed by atoms with Gasteiger partial charge in [-0.2, -0.15) is 0 Å². The first-order chi connectivity index (χ1) is 6.18. The molecule has 0 radical (unpaired) electrons. The standard InChI is InChI=1S/C8H8FNO2S/c9-7-1-3-8(4-2-7)13-6-5-10(11)12/h1-4H,5-6H2. The average molecular weight is 201 g/mol. The van der Waals surface area contributed by atoms with Gasteiger partial charge in [-0.25, -0.2) is 4.39 Å². The summed E-state index contributed by atoms with van der Waals surface area (Å²) < 4.78 is 12.4. The Morgan fingerprint density at radius 3 is 2.54 bits per heavy atom. The monoisotopic (exact) mass is 201 g/mol. The van der Waals surface area contributed by atoms with Crippen LogP contribution >= 0.6 is 11.8 Å². The fourth-order valence-corrected chi connectivity index (χ4v) is 1.57. The van der Waals surface area contributed by atoms with Gasteiger partial charge in [0.1, 0.15) is 5.82 Å². The Kier molecular flexibility index (Phi) is 3.70. The maximum atomic E-state index is 12.4. The minimum atomic E-state index is -0.365. The largest absolute Gasteiger partial charge is 0.265 e. The third-order valence-electron chi connectivity index (χ3n) is 1.36. The molecule has 13 heavy (non-hydrogen) atoms. The molecular weight excluding hydrogens is 193 g/mol. The topological polar surface area (TPSA) is 43.1 Å². The number of thioether (sulfide) groups is 1. The summed E-state index contributed by atoms with van der Waals surface area (Å²) in [5, 5.41) is 9.98. The molecule has 0 aliphatic rings. The van der Waals surface area contributed by atoms with E-state index in [0.29, 0.717) is 5.75 Å². The van der Waals surface area contributed by atoms with Crippen LogP contribution in [-0.2, 0) is 0 Å². The smallest absolute Gasteiger partial charge is 0.213 e. The number of hydrogen-bond donors (Lipinski definition) is 0. The molecule has 0 aromatic heterocycles. The van der Waals surface area contributed by atoms with Crippen molar-refractivity contribution in [2.75, 3.05) is 12.3 Å². The predicted molar refractivity (Wildman–Crippen MR) is 49.0 cm³/mol. The first kappa shape index (κ1) is 9.98. The summed E-state index contributed by atoms with van der Waals surface area (Å²) in [6.45, 7) is -0.0674. The number of nitrogens with zero attached hydrogens (tertiary/aromatic N) is 1. The molecule has 0 aliphatic carbocycles. The fraction of sp³-hybridized carbons (Fsp3) is 0.250. The lowest BCUT2D eigenvalue weighted by Gasteiger charge is -1.97. The maximum Gasteiger partial charge on any atom is 0.213 e. The van der Waals surface area contributed by atoms with Crippen molar-refractivity contribution >= 4 is 11.8 Å². The highest BCUT2D eigenvalue weighted by Crippen LogP contribution is 2.17. The maximum absolute atomic E-state index is 12.4. The van der Waals surface area contributed by atoms with E-state index in [4.69, 9.17) is 0 Å². The van der Waals surface area contributed by atoms with Crippen molar-refractivity contribution in [1.82, 2.24) is 0 Å². The van der Waals surface area contributed by atoms with Crippen LogP contribution < -0.4 is 0 Å². The second-order valence-electron chi connectivity index (χ2n) is 2.36. The molecule has 1 aromatic rings. The number of benzene rings is 1. The molecule has 0 amide bonds. The van der Waals surface area contributed by atoms with Gasteiger partial charge in [0, 0.05) is 9.82 Å². The van der Waals surface area contributed by atoms with Gasteiger partial charge in [0.25, 0.3) is 0 Å². The van der Waals surface area contributed by atoms with E-state index < -0.39 is 0 Å². The van der Waals surface area contributed by atoms with Crippen molar-refractivity contribution in [3.8, 4) is 0 Å². The van der Waals surface area contributed by atoms with Gasteiger partial charge in [-0.3, -0.25) is 10.1 Å². The normalized spacial score (nSPS) is 9.92. The Bertz CT molecular complexity index is 289. The van der Waals surface area contributed by atoms with Crippen LogP contribution in [0.25, 0.3) is 0 Å². The van der Waals surface area contributed by atoms with Gasteiger partial charge < -0.3 is 0 Å². The number of nitro groups is 1. The summed E-state index contributed by atoms with van der Waals surface area (Å²) in [4.78, 5) is 10.5. The van der Waals surface area contributed by atoms with E-state index in [1.807, 2.05) is 0 Å². The molecule has 1 aromatic carbocycles. The van der Waals surface area contributed by atoms with Crippen LogP contribution in [0.3, 0.4) is 0 Å². The highest BCUT2D eigenvalue weighted by atomic mass is 32.2. The van der Waals surface area contributed by atoms with E-state index in [-0.39, 0.29) is 17.3 Å². The fourth-order valence-electron chi connectivity index (χ4n) is 0.769. The quantitative estimate of drug-likeness (QED) is 0.426. The third-order valence-corrected chi connectivity index (χ3v) is 2.35. The molecule has 0 N–H and O–H groups in total. The van der Waals surface area contributed by atoms with Gasteiger partial charge in [0.15, 0.2) is 0 Å². The zero-order valence-electron chi connectivity index (χ0n) is 6.77. The predicted octanol–water partition coefficient (Wildman–Crippen LogP) is 2.19. The van der Waals surface area contributed by atoms with Crippen molar-refractivity contribution in [2.45, 2.75) is 4.90 Å². The van der Waals surface area contributed by atoms with E-state index in [1.54, 1.807) is 12.1 Å². The minimum Gasteiger partial charge on any atom is -0.265 e. The van der Waals surface area contributed by atoms with Gasteiger partial charge in [-0.05, 0) is 24.3 Å². The van der Waals surface area contributed by atoms with Crippen LogP contribution in [0.2, 0.25) is 0 Å². The summed E-state index contributed by atoms with van der Waals surface area (Å²) >= 11 is 1.35. The Balaban J connectivity index is 2.37. The number of hydrogen-bond acceptors (Lipinski definition) is 3. The Labute approximate surface area is 79.1 Å². The summed E-state index contributed by atoms with van der Waals surface area (Å²) in [5.74, 6) is 0.122. The molecule has 0 spiro atoms. The zero-order chi connectivity index (χ0) is 9.68. The van der Waals surface area contributed by atoms with Gasteiger partial charge >= 0.3 is 0 Å². The molecule has 70 valence electrons. The van der Waals surface area contributed by atoms with E-state index >= 15 is 0 Å². The second kappa shape index (κ2) is 4.81. The van der Waals surface area contributed by atoms with Gasteiger partial charge in [-0.1, -0.05) is 0 Å². The van der Waals surface area contributed by atoms with Gasteiger partial charge in [0.2, 0.25) is 6.54 Å². The first-order valence-electron chi connectivity index (χ1n) is 3.68. The van der Waals surface area contributed by atoms with Gasteiger partial charge in [-0.15, -0.1) is 11.8 Å². The highest BCUT2D eigenvalue weighted by Gasteiger charge is 1.99. The molecule has 3 nitrogen and oxygen atoms in total. The van der Waals surface area contributed by atoms with Crippen LogP contribution in [0.1, 0.15) is 0 Å². The minimum absolute atomic E-state index is 0.0674. The Hall–Kier alpha value is -1.10. The van der Waals surface area contributed by atoms with Crippen LogP contribution in [0, 0.1) is 15.9 Å². The second-order valence-corrected chi connectivity index (χ2v) is 3.53. The van der Waals surface area contributed by atoms with Crippen molar-refractivity contribution in [2.24, 2.45) is 0 Å². The molecule has 0 bridgehead atoms. The molecular formula is C8H8FNO2S. The Morgan fingerprint density at radius 2 is 2.00 bits per heavy atom. The molecule has 0 saturated heterocycles. The summed E-state index contributed by atoms with van der Waals surface area (Å²) in [7, 11) is 0. The van der Waals surface area contributed by atoms with Crippen LogP contribution in [0.5, 0.6) is 0 Å². The van der Waals surface area contributed by atoms with E-state index in [9.17, 15) is 14.5 Å².